The van der Waals surface area contributed by atoms with Gasteiger partial charge < -0.3 is 25.0 Å². The lowest BCUT2D eigenvalue weighted by Crippen LogP contribution is -2.51. The maximum absolute atomic E-state index is 16.4. The molecular formula is C29H31ClF4N6O2. The zero-order valence-corrected chi connectivity index (χ0v) is 23.4. The van der Waals surface area contributed by atoms with E-state index >= 15 is 4.39 Å². The van der Waals surface area contributed by atoms with Crippen LogP contribution < -0.4 is 15.0 Å². The number of phenolic OH excluding ortho intramolecular Hbond substituents is 1. The third kappa shape index (κ3) is 5.22. The second-order valence-corrected chi connectivity index (χ2v) is 12.3. The van der Waals surface area contributed by atoms with Crippen LogP contribution in [-0.4, -0.2) is 76.3 Å². The number of nitrogens with one attached hydrogen (secondary N) is 1. The van der Waals surface area contributed by atoms with Crippen molar-refractivity contribution in [2.75, 3.05) is 44.2 Å². The third-order valence-corrected chi connectivity index (χ3v) is 9.01. The largest absolute Gasteiger partial charge is 0.508 e. The van der Waals surface area contributed by atoms with E-state index in [2.05, 4.69) is 25.2 Å². The summed E-state index contributed by atoms with van der Waals surface area (Å²) in [5.74, 6) is -1.52. The number of pyridine rings is 1. The zero-order valence-electron chi connectivity index (χ0n) is 24.6. The fraction of sp³-hybridized carbons (Fsp3) is 0.552. The van der Waals surface area contributed by atoms with E-state index < -0.39 is 57.6 Å². The molecule has 13 heteroatoms. The molecule has 224 valence electrons. The first-order valence-corrected chi connectivity index (χ1v) is 14.6. The molecule has 2 atom stereocenters. The molecule has 8 nitrogen and oxygen atoms in total. The Balaban J connectivity index is 1.35. The molecule has 1 aromatic carbocycles. The Morgan fingerprint density at radius 2 is 1.86 bits per heavy atom. The monoisotopic (exact) mass is 608 g/mol. The van der Waals surface area contributed by atoms with E-state index in [9.17, 15) is 18.3 Å². The van der Waals surface area contributed by atoms with Gasteiger partial charge in [0.1, 0.15) is 22.8 Å². The Labute approximate surface area is 247 Å². The number of hydrogen-bond donors (Lipinski definition) is 2. The van der Waals surface area contributed by atoms with Crippen molar-refractivity contribution in [1.82, 2.24) is 25.2 Å². The van der Waals surface area contributed by atoms with Crippen LogP contribution in [0.15, 0.2) is 18.3 Å². The van der Waals surface area contributed by atoms with Crippen molar-refractivity contribution in [2.45, 2.75) is 56.8 Å². The number of likely N-dealkylation sites (tertiary alicyclic amines) is 1. The third-order valence-electron chi connectivity index (χ3n) is 8.71. The molecule has 3 aromatic rings. The molecule has 4 fully saturated rings. The SMILES string of the molecule is [2H]C([2H])(Oc1nc(N2C[C@H]3CC[C@@H](C2)N3)c2cnc(-c3cc(O)cc(Cl)c3C(F)(F)F)c(F)c2n1)C1(CN2CCCC2)CC1. The number of phenols is 1. The summed E-state index contributed by atoms with van der Waals surface area (Å²) < 4.78 is 82.2. The van der Waals surface area contributed by atoms with Gasteiger partial charge in [0, 0.05) is 48.9 Å². The maximum atomic E-state index is 16.4. The molecule has 0 radical (unpaired) electrons. The first-order valence-electron chi connectivity index (χ1n) is 15.2. The van der Waals surface area contributed by atoms with Crippen LogP contribution in [-0.2, 0) is 6.18 Å². The molecule has 1 aliphatic carbocycles. The fourth-order valence-corrected chi connectivity index (χ4v) is 6.82. The summed E-state index contributed by atoms with van der Waals surface area (Å²) >= 11 is 5.87. The minimum absolute atomic E-state index is 0.151. The normalized spacial score (nSPS) is 24.6. The summed E-state index contributed by atoms with van der Waals surface area (Å²) in [5.41, 5.74) is -3.95. The van der Waals surface area contributed by atoms with Gasteiger partial charge in [0.25, 0.3) is 0 Å². The number of nitrogens with zero attached hydrogens (tertiary/aromatic N) is 5. The van der Waals surface area contributed by atoms with Gasteiger partial charge in [-0.2, -0.15) is 23.1 Å². The van der Waals surface area contributed by atoms with Gasteiger partial charge in [0.15, 0.2) is 5.82 Å². The molecule has 3 saturated heterocycles. The summed E-state index contributed by atoms with van der Waals surface area (Å²) in [5, 5.41) is 12.9. The van der Waals surface area contributed by atoms with Crippen molar-refractivity contribution >= 4 is 28.3 Å². The lowest BCUT2D eigenvalue weighted by molar-refractivity contribution is -0.137. The predicted molar refractivity (Wildman–Crippen MR) is 149 cm³/mol. The van der Waals surface area contributed by atoms with Gasteiger partial charge in [0.05, 0.1) is 25.3 Å². The summed E-state index contributed by atoms with van der Waals surface area (Å²) in [6.07, 6.45) is 1.46. The topological polar surface area (TPSA) is 86.6 Å². The first kappa shape index (κ1) is 25.5. The Bertz CT molecular complexity index is 1610. The summed E-state index contributed by atoms with van der Waals surface area (Å²) in [4.78, 5) is 17.0. The van der Waals surface area contributed by atoms with Crippen LogP contribution in [0.25, 0.3) is 22.2 Å². The number of rotatable bonds is 7. The van der Waals surface area contributed by atoms with Crippen molar-refractivity contribution in [3.05, 3.63) is 34.7 Å². The number of anilines is 1. The molecule has 42 heavy (non-hydrogen) atoms. The van der Waals surface area contributed by atoms with Crippen LogP contribution >= 0.6 is 11.6 Å². The highest BCUT2D eigenvalue weighted by Crippen LogP contribution is 2.47. The molecule has 2 bridgehead atoms. The summed E-state index contributed by atoms with van der Waals surface area (Å²) in [6, 6.07) is 1.43. The second-order valence-electron chi connectivity index (χ2n) is 11.9. The van der Waals surface area contributed by atoms with Crippen LogP contribution in [0.1, 0.15) is 46.8 Å². The number of aromatic hydroxyl groups is 1. The van der Waals surface area contributed by atoms with E-state index in [4.69, 9.17) is 19.1 Å². The van der Waals surface area contributed by atoms with Gasteiger partial charge in [-0.1, -0.05) is 11.6 Å². The highest BCUT2D eigenvalue weighted by molar-refractivity contribution is 6.32. The quantitative estimate of drug-likeness (QED) is 0.345. The second kappa shape index (κ2) is 10.3. The molecule has 7 rings (SSSR count). The molecule has 1 saturated carbocycles. The van der Waals surface area contributed by atoms with E-state index in [1.165, 1.54) is 6.20 Å². The average Bonchev–Trinajstić information content (AvgIpc) is 3.42. The lowest BCUT2D eigenvalue weighted by atomic mass is 10.0. The highest BCUT2D eigenvalue weighted by atomic mass is 35.5. The Morgan fingerprint density at radius 3 is 2.52 bits per heavy atom. The summed E-state index contributed by atoms with van der Waals surface area (Å²) in [6.45, 7) is 1.19. The Morgan fingerprint density at radius 1 is 1.14 bits per heavy atom. The van der Waals surface area contributed by atoms with Crippen molar-refractivity contribution < 1.29 is 30.1 Å². The van der Waals surface area contributed by atoms with Gasteiger partial charge in [-0.25, -0.2) is 4.39 Å². The van der Waals surface area contributed by atoms with Crippen LogP contribution in [0.2, 0.25) is 5.02 Å². The molecule has 5 heterocycles. The standard InChI is InChI=1S/C29H31ClF4N6O2/c30-21-10-18(41)9-19(22(21)29(32,33)34)24-23(31)25-20(11-35-24)26(40-12-16-3-4-17(13-40)36-16)38-27(37-25)42-15-28(5-6-28)14-39-7-1-2-8-39/h9-11,16-17,36,41H,1-8,12-15H2/t16-,17+/i15D2. The Hall–Kier alpha value is -2.96. The lowest BCUT2D eigenvalue weighted by Gasteiger charge is -2.34. The van der Waals surface area contributed by atoms with Crippen LogP contribution in [0.5, 0.6) is 11.8 Å². The number of fused-ring (bicyclic) bond motifs is 3. The molecule has 0 amide bonds. The minimum atomic E-state index is -4.97. The number of aromatic nitrogens is 3. The number of ether oxygens (including phenoxy) is 1. The van der Waals surface area contributed by atoms with Crippen molar-refractivity contribution in [1.29, 1.82) is 0 Å². The highest BCUT2D eigenvalue weighted by Gasteiger charge is 2.45. The maximum Gasteiger partial charge on any atom is 0.418 e. The van der Waals surface area contributed by atoms with E-state index in [0.29, 0.717) is 32.5 Å². The predicted octanol–water partition coefficient (Wildman–Crippen LogP) is 5.40. The fourth-order valence-electron chi connectivity index (χ4n) is 6.50. The smallest absolute Gasteiger partial charge is 0.418 e. The number of alkyl halides is 3. The van der Waals surface area contributed by atoms with Crippen molar-refractivity contribution in [3.63, 3.8) is 0 Å². The molecule has 4 aliphatic rings. The molecule has 2 aromatic heterocycles. The van der Waals surface area contributed by atoms with Crippen molar-refractivity contribution in [2.24, 2.45) is 5.41 Å². The number of halogens is 5. The minimum Gasteiger partial charge on any atom is -0.508 e. The van der Waals surface area contributed by atoms with Gasteiger partial charge in [-0.15, -0.1) is 0 Å². The van der Waals surface area contributed by atoms with E-state index in [1.807, 2.05) is 4.90 Å². The van der Waals surface area contributed by atoms with Gasteiger partial charge in [0.2, 0.25) is 0 Å². The first-order chi connectivity index (χ1) is 20.8. The number of hydrogen-bond acceptors (Lipinski definition) is 8. The molecule has 3 aliphatic heterocycles. The molecule has 0 unspecified atom stereocenters. The molecule has 0 spiro atoms. The average molecular weight is 609 g/mol. The van der Waals surface area contributed by atoms with Crippen LogP contribution in [0.4, 0.5) is 23.4 Å². The van der Waals surface area contributed by atoms with E-state index in [1.54, 1.807) is 0 Å². The number of benzene rings is 1. The number of piperazine rings is 1. The van der Waals surface area contributed by atoms with E-state index in [-0.39, 0.29) is 28.8 Å². The van der Waals surface area contributed by atoms with Crippen molar-refractivity contribution in [3.8, 4) is 23.0 Å². The molecular weight excluding hydrogens is 576 g/mol. The van der Waals surface area contributed by atoms with E-state index in [0.717, 1.165) is 50.9 Å². The van der Waals surface area contributed by atoms with Gasteiger partial charge in [-0.05, 0) is 63.7 Å². The van der Waals surface area contributed by atoms with Gasteiger partial charge in [-0.3, -0.25) is 4.98 Å². The van der Waals surface area contributed by atoms with Crippen LogP contribution in [0, 0.1) is 11.2 Å². The zero-order chi connectivity index (χ0) is 31.0. The van der Waals surface area contributed by atoms with Crippen LogP contribution in [0.3, 0.4) is 0 Å². The van der Waals surface area contributed by atoms with Gasteiger partial charge >= 0.3 is 12.2 Å². The Kier molecular flexibility index (Phi) is 6.29. The summed E-state index contributed by atoms with van der Waals surface area (Å²) in [7, 11) is 0. The molecule has 2 N–H and O–H groups in total.